The number of thioether (sulfide) groups is 1. The lowest BCUT2D eigenvalue weighted by molar-refractivity contribution is -0.107. The summed E-state index contributed by atoms with van der Waals surface area (Å²) < 4.78 is 0. The van der Waals surface area contributed by atoms with Gasteiger partial charge in [0.15, 0.2) is 0 Å². The number of carbonyl (C=O) groups excluding carboxylic acids is 2. The number of rotatable bonds is 3. The molecule has 0 aliphatic heterocycles. The summed E-state index contributed by atoms with van der Waals surface area (Å²) in [6.07, 6.45) is 0.908. The Labute approximate surface area is 98.3 Å². The van der Waals surface area contributed by atoms with Crippen LogP contribution in [0.4, 0.5) is 4.79 Å². The van der Waals surface area contributed by atoms with Crippen molar-refractivity contribution >= 4 is 23.3 Å². The molecule has 0 heterocycles. The van der Waals surface area contributed by atoms with E-state index in [2.05, 4.69) is 0 Å². The zero-order valence-electron chi connectivity index (χ0n) is 9.14. The molecule has 0 saturated heterocycles. The van der Waals surface area contributed by atoms with Crippen LogP contribution in [-0.2, 0) is 11.2 Å². The maximum atomic E-state index is 11.4. The highest BCUT2D eigenvalue weighted by molar-refractivity contribution is 8.13. The standard InChI is InChI=1S/C11H13NO3S/c1-12(2)11(15)16-9-4-3-8(5-6-13)10(14)7-9/h3-4,6-7,14H,5H2,1-2H3. The first-order valence-electron chi connectivity index (χ1n) is 4.69. The topological polar surface area (TPSA) is 57.6 Å². The van der Waals surface area contributed by atoms with Gasteiger partial charge in [-0.3, -0.25) is 4.79 Å². The first-order valence-corrected chi connectivity index (χ1v) is 5.51. The summed E-state index contributed by atoms with van der Waals surface area (Å²) >= 11 is 1.03. The van der Waals surface area contributed by atoms with Crippen LogP contribution in [0.5, 0.6) is 5.75 Å². The predicted molar refractivity (Wildman–Crippen MR) is 62.8 cm³/mol. The fourth-order valence-electron chi connectivity index (χ4n) is 1.06. The van der Waals surface area contributed by atoms with Crippen molar-refractivity contribution in [3.05, 3.63) is 23.8 Å². The van der Waals surface area contributed by atoms with Gasteiger partial charge in [-0.1, -0.05) is 6.07 Å². The van der Waals surface area contributed by atoms with Gasteiger partial charge < -0.3 is 14.8 Å². The van der Waals surface area contributed by atoms with Crippen LogP contribution in [0.15, 0.2) is 23.1 Å². The second-order valence-corrected chi connectivity index (χ2v) is 4.45. The van der Waals surface area contributed by atoms with Crippen LogP contribution < -0.4 is 0 Å². The Morgan fingerprint density at radius 3 is 2.69 bits per heavy atom. The second kappa shape index (κ2) is 5.55. The Morgan fingerprint density at radius 1 is 1.50 bits per heavy atom. The van der Waals surface area contributed by atoms with E-state index in [0.717, 1.165) is 18.0 Å². The molecular weight excluding hydrogens is 226 g/mol. The van der Waals surface area contributed by atoms with Gasteiger partial charge in [0.1, 0.15) is 12.0 Å². The molecule has 0 saturated carbocycles. The number of aromatic hydroxyl groups is 1. The molecule has 0 aliphatic rings. The Bertz CT molecular complexity index is 404. The molecule has 1 amide bonds. The lowest BCUT2D eigenvalue weighted by Gasteiger charge is -2.09. The van der Waals surface area contributed by atoms with Gasteiger partial charge in [-0.05, 0) is 23.9 Å². The molecule has 0 aliphatic carbocycles. The Kier molecular flexibility index (Phi) is 4.37. The van der Waals surface area contributed by atoms with E-state index in [1.807, 2.05) is 0 Å². The van der Waals surface area contributed by atoms with Crippen molar-refractivity contribution in [3.8, 4) is 5.75 Å². The number of hydrogen-bond acceptors (Lipinski definition) is 4. The number of phenols is 1. The SMILES string of the molecule is CN(C)C(=O)Sc1ccc(CC=O)c(O)c1. The fourth-order valence-corrected chi connectivity index (χ4v) is 1.75. The highest BCUT2D eigenvalue weighted by Gasteiger charge is 2.08. The maximum absolute atomic E-state index is 11.4. The van der Waals surface area contributed by atoms with Crippen molar-refractivity contribution in [1.82, 2.24) is 4.90 Å². The van der Waals surface area contributed by atoms with E-state index in [9.17, 15) is 14.7 Å². The fraction of sp³-hybridized carbons (Fsp3) is 0.273. The number of phenolic OH excluding ortho intramolecular Hbond substituents is 1. The van der Waals surface area contributed by atoms with Gasteiger partial charge in [0.05, 0.1) is 0 Å². The highest BCUT2D eigenvalue weighted by Crippen LogP contribution is 2.27. The second-order valence-electron chi connectivity index (χ2n) is 3.42. The lowest BCUT2D eigenvalue weighted by atomic mass is 10.1. The normalized spacial score (nSPS) is 9.88. The summed E-state index contributed by atoms with van der Waals surface area (Å²) in [4.78, 5) is 23.8. The van der Waals surface area contributed by atoms with E-state index >= 15 is 0 Å². The number of aldehydes is 1. The minimum atomic E-state index is -0.109. The summed E-state index contributed by atoms with van der Waals surface area (Å²) in [7, 11) is 3.33. The van der Waals surface area contributed by atoms with E-state index < -0.39 is 0 Å². The Balaban J connectivity index is 2.81. The number of hydrogen-bond donors (Lipinski definition) is 1. The first-order chi connectivity index (χ1) is 7.54. The average Bonchev–Trinajstić information content (AvgIpc) is 2.22. The molecule has 5 heteroatoms. The third kappa shape index (κ3) is 3.27. The van der Waals surface area contributed by atoms with Gasteiger partial charge in [0.25, 0.3) is 5.24 Å². The van der Waals surface area contributed by atoms with E-state index in [0.29, 0.717) is 10.5 Å². The van der Waals surface area contributed by atoms with E-state index in [1.54, 1.807) is 26.2 Å². The van der Waals surface area contributed by atoms with Crippen LogP contribution in [0.1, 0.15) is 5.56 Å². The van der Waals surface area contributed by atoms with E-state index in [1.165, 1.54) is 11.0 Å². The Morgan fingerprint density at radius 2 is 2.19 bits per heavy atom. The van der Waals surface area contributed by atoms with Gasteiger partial charge in [0, 0.05) is 31.0 Å². The van der Waals surface area contributed by atoms with Gasteiger partial charge >= 0.3 is 0 Å². The first kappa shape index (κ1) is 12.6. The highest BCUT2D eigenvalue weighted by atomic mass is 32.2. The van der Waals surface area contributed by atoms with Crippen LogP contribution in [0.2, 0.25) is 0 Å². The molecule has 1 aromatic carbocycles. The monoisotopic (exact) mass is 239 g/mol. The van der Waals surface area contributed by atoms with Crippen LogP contribution in [-0.4, -0.2) is 35.6 Å². The molecule has 16 heavy (non-hydrogen) atoms. The zero-order chi connectivity index (χ0) is 12.1. The number of amides is 1. The van der Waals surface area contributed by atoms with Crippen molar-refractivity contribution in [3.63, 3.8) is 0 Å². The predicted octanol–water partition coefficient (Wildman–Crippen LogP) is 1.91. The Hall–Kier alpha value is -1.49. The largest absolute Gasteiger partial charge is 0.508 e. The molecule has 0 radical (unpaired) electrons. The summed E-state index contributed by atoms with van der Waals surface area (Å²) in [6.45, 7) is 0. The van der Waals surface area contributed by atoms with Crippen molar-refractivity contribution in [2.75, 3.05) is 14.1 Å². The summed E-state index contributed by atoms with van der Waals surface area (Å²) in [5.74, 6) is 0.0451. The van der Waals surface area contributed by atoms with Crippen LogP contribution >= 0.6 is 11.8 Å². The van der Waals surface area contributed by atoms with Crippen molar-refractivity contribution < 1.29 is 14.7 Å². The molecule has 4 nitrogen and oxygen atoms in total. The minimum absolute atomic E-state index is 0.0451. The summed E-state index contributed by atoms with van der Waals surface area (Å²) in [5, 5.41) is 9.47. The average molecular weight is 239 g/mol. The van der Waals surface area contributed by atoms with Crippen molar-refractivity contribution in [2.24, 2.45) is 0 Å². The lowest BCUT2D eigenvalue weighted by Crippen LogP contribution is -2.15. The van der Waals surface area contributed by atoms with Gasteiger partial charge in [0.2, 0.25) is 0 Å². The molecule has 0 unspecified atom stereocenters. The van der Waals surface area contributed by atoms with E-state index in [4.69, 9.17) is 0 Å². The summed E-state index contributed by atoms with van der Waals surface area (Å²) in [6, 6.07) is 4.85. The third-order valence-corrected chi connectivity index (χ3v) is 2.96. The molecule has 0 atom stereocenters. The van der Waals surface area contributed by atoms with Gasteiger partial charge in [-0.15, -0.1) is 0 Å². The van der Waals surface area contributed by atoms with Crippen LogP contribution in [0.25, 0.3) is 0 Å². The molecule has 1 N–H and O–H groups in total. The van der Waals surface area contributed by atoms with Gasteiger partial charge in [-0.2, -0.15) is 0 Å². The molecular formula is C11H13NO3S. The third-order valence-electron chi connectivity index (χ3n) is 1.93. The molecule has 0 aromatic heterocycles. The number of nitrogens with zero attached hydrogens (tertiary/aromatic N) is 1. The molecule has 86 valence electrons. The molecule has 0 fully saturated rings. The zero-order valence-corrected chi connectivity index (χ0v) is 9.95. The molecule has 1 aromatic rings. The molecule has 1 rings (SSSR count). The van der Waals surface area contributed by atoms with Crippen LogP contribution in [0, 0.1) is 0 Å². The van der Waals surface area contributed by atoms with Crippen molar-refractivity contribution in [2.45, 2.75) is 11.3 Å². The number of benzene rings is 1. The van der Waals surface area contributed by atoms with Crippen LogP contribution in [0.3, 0.4) is 0 Å². The molecule has 0 bridgehead atoms. The quantitative estimate of drug-likeness (QED) is 0.646. The smallest absolute Gasteiger partial charge is 0.285 e. The molecule has 0 spiro atoms. The summed E-state index contributed by atoms with van der Waals surface area (Å²) in [5.41, 5.74) is 0.566. The van der Waals surface area contributed by atoms with Crippen molar-refractivity contribution in [1.29, 1.82) is 0 Å². The van der Waals surface area contributed by atoms with Gasteiger partial charge in [-0.25, -0.2) is 0 Å². The van der Waals surface area contributed by atoms with E-state index in [-0.39, 0.29) is 17.4 Å². The minimum Gasteiger partial charge on any atom is -0.508 e. The maximum Gasteiger partial charge on any atom is 0.285 e. The number of carbonyl (C=O) groups is 2.